The van der Waals surface area contributed by atoms with Gasteiger partial charge >= 0.3 is 5.97 Å². The summed E-state index contributed by atoms with van der Waals surface area (Å²) >= 11 is 1.52. The summed E-state index contributed by atoms with van der Waals surface area (Å²) < 4.78 is 0. The molecule has 4 nitrogen and oxygen atoms in total. The van der Waals surface area contributed by atoms with Crippen LogP contribution in [0.3, 0.4) is 0 Å². The normalized spacial score (nSPS) is 15.1. The molecule has 0 amide bonds. The van der Waals surface area contributed by atoms with E-state index < -0.39 is 5.97 Å². The van der Waals surface area contributed by atoms with Crippen LogP contribution in [0.4, 0.5) is 0 Å². The van der Waals surface area contributed by atoms with Gasteiger partial charge in [0.2, 0.25) is 0 Å². The first-order chi connectivity index (χ1) is 6.50. The van der Waals surface area contributed by atoms with Crippen molar-refractivity contribution in [3.8, 4) is 0 Å². The van der Waals surface area contributed by atoms with Crippen LogP contribution in [-0.4, -0.2) is 22.1 Å². The largest absolute Gasteiger partial charge is 0.481 e. The molecule has 0 aliphatic carbocycles. The van der Waals surface area contributed by atoms with E-state index in [0.29, 0.717) is 0 Å². The summed E-state index contributed by atoms with van der Waals surface area (Å²) in [4.78, 5) is 14.9. The van der Waals surface area contributed by atoms with Crippen molar-refractivity contribution < 1.29 is 9.90 Å². The Morgan fingerprint density at radius 3 is 2.79 bits per heavy atom. The minimum absolute atomic E-state index is 0.0425. The van der Waals surface area contributed by atoms with E-state index in [2.05, 4.69) is 4.98 Å². The highest BCUT2D eigenvalue weighted by atomic mass is 32.1. The average Bonchev–Trinajstić information content (AvgIpc) is 2.46. The topological polar surface area (TPSA) is 76.2 Å². The Morgan fingerprint density at radius 1 is 1.79 bits per heavy atom. The Morgan fingerprint density at radius 2 is 2.43 bits per heavy atom. The number of carboxylic acid groups (broad SMARTS) is 1. The van der Waals surface area contributed by atoms with Crippen molar-refractivity contribution in [2.24, 2.45) is 5.73 Å². The van der Waals surface area contributed by atoms with E-state index in [9.17, 15) is 4.79 Å². The van der Waals surface area contributed by atoms with Gasteiger partial charge in [-0.2, -0.15) is 0 Å². The molecule has 0 spiro atoms. The van der Waals surface area contributed by atoms with E-state index in [1.54, 1.807) is 0 Å². The van der Waals surface area contributed by atoms with E-state index in [1.807, 2.05) is 19.2 Å². The molecule has 1 heterocycles. The second-order valence-corrected chi connectivity index (χ2v) is 4.42. The minimum atomic E-state index is -0.835. The third-order valence-electron chi connectivity index (χ3n) is 2.05. The van der Waals surface area contributed by atoms with Gasteiger partial charge in [-0.1, -0.05) is 0 Å². The van der Waals surface area contributed by atoms with Gasteiger partial charge in [-0.05, 0) is 13.8 Å². The molecule has 0 fully saturated rings. The number of carbonyl (C=O) groups is 1. The molecule has 2 atom stereocenters. The highest BCUT2D eigenvalue weighted by Crippen LogP contribution is 2.23. The lowest BCUT2D eigenvalue weighted by Crippen LogP contribution is -2.27. The number of rotatable bonds is 4. The zero-order chi connectivity index (χ0) is 10.7. The van der Waals surface area contributed by atoms with Gasteiger partial charge in [-0.25, -0.2) is 4.98 Å². The molecule has 0 saturated heterocycles. The van der Waals surface area contributed by atoms with Crippen molar-refractivity contribution in [2.75, 3.05) is 0 Å². The van der Waals surface area contributed by atoms with Crippen LogP contribution < -0.4 is 5.73 Å². The van der Waals surface area contributed by atoms with Gasteiger partial charge in [0.25, 0.3) is 0 Å². The number of carboxylic acids is 1. The summed E-state index contributed by atoms with van der Waals surface area (Å²) in [6.45, 7) is 3.70. The van der Waals surface area contributed by atoms with Crippen LogP contribution in [0.25, 0.3) is 0 Å². The molecular formula is C9H14N2O2S. The molecule has 1 aromatic rings. The van der Waals surface area contributed by atoms with Crippen LogP contribution in [0.2, 0.25) is 0 Å². The first kappa shape index (κ1) is 11.1. The maximum atomic E-state index is 10.6. The molecule has 0 bridgehead atoms. The molecule has 78 valence electrons. The van der Waals surface area contributed by atoms with Gasteiger partial charge in [-0.3, -0.25) is 4.79 Å². The first-order valence-corrected chi connectivity index (χ1v) is 5.28. The molecule has 2 unspecified atom stereocenters. The molecule has 3 N–H and O–H groups in total. The lowest BCUT2D eigenvalue weighted by molar-refractivity contribution is -0.137. The summed E-state index contributed by atoms with van der Waals surface area (Å²) in [5.74, 6) is -1.02. The molecule has 0 aliphatic rings. The number of hydrogen-bond donors (Lipinski definition) is 2. The zero-order valence-electron chi connectivity index (χ0n) is 8.23. The number of nitrogens with two attached hydrogens (primary N) is 1. The highest BCUT2D eigenvalue weighted by molar-refractivity contribution is 7.09. The fourth-order valence-corrected chi connectivity index (χ4v) is 1.98. The van der Waals surface area contributed by atoms with Gasteiger partial charge in [0, 0.05) is 17.3 Å². The Bertz CT molecular complexity index is 322. The zero-order valence-corrected chi connectivity index (χ0v) is 9.04. The van der Waals surface area contributed by atoms with Gasteiger partial charge < -0.3 is 10.8 Å². The molecular weight excluding hydrogens is 200 g/mol. The lowest BCUT2D eigenvalue weighted by Gasteiger charge is -2.16. The van der Waals surface area contributed by atoms with Crippen LogP contribution in [0.5, 0.6) is 0 Å². The standard InChI is InChI=1S/C9H14N2O2S/c1-5(10)7(3-9(12)13)8-4-14-6(2)11-8/h4-5,7H,3,10H2,1-2H3,(H,12,13). The third kappa shape index (κ3) is 2.78. The van der Waals surface area contributed by atoms with Crippen molar-refractivity contribution in [1.29, 1.82) is 0 Å². The van der Waals surface area contributed by atoms with Crippen LogP contribution in [0, 0.1) is 6.92 Å². The molecule has 5 heteroatoms. The number of aryl methyl sites for hydroxylation is 1. The molecule has 0 aliphatic heterocycles. The van der Waals surface area contributed by atoms with Crippen molar-refractivity contribution >= 4 is 17.3 Å². The van der Waals surface area contributed by atoms with E-state index >= 15 is 0 Å². The second-order valence-electron chi connectivity index (χ2n) is 3.35. The fraction of sp³-hybridized carbons (Fsp3) is 0.556. The van der Waals surface area contributed by atoms with Crippen LogP contribution in [-0.2, 0) is 4.79 Å². The second kappa shape index (κ2) is 4.52. The van der Waals surface area contributed by atoms with Crippen molar-refractivity contribution in [1.82, 2.24) is 4.98 Å². The van der Waals surface area contributed by atoms with E-state index in [-0.39, 0.29) is 18.4 Å². The summed E-state index contributed by atoms with van der Waals surface area (Å²) in [7, 11) is 0. The maximum absolute atomic E-state index is 10.6. The van der Waals surface area contributed by atoms with Crippen LogP contribution >= 0.6 is 11.3 Å². The Hall–Kier alpha value is -0.940. The molecule has 0 saturated carbocycles. The number of hydrogen-bond acceptors (Lipinski definition) is 4. The highest BCUT2D eigenvalue weighted by Gasteiger charge is 2.21. The third-order valence-corrected chi connectivity index (χ3v) is 2.84. The van der Waals surface area contributed by atoms with E-state index in [0.717, 1.165) is 10.7 Å². The smallest absolute Gasteiger partial charge is 0.304 e. The maximum Gasteiger partial charge on any atom is 0.304 e. The van der Waals surface area contributed by atoms with Crippen LogP contribution in [0.1, 0.15) is 30.0 Å². The van der Waals surface area contributed by atoms with Crippen molar-refractivity contribution in [3.05, 3.63) is 16.1 Å². The molecule has 1 aromatic heterocycles. The Labute approximate surface area is 86.8 Å². The van der Waals surface area contributed by atoms with Gasteiger partial charge in [0.1, 0.15) is 0 Å². The van der Waals surface area contributed by atoms with Crippen molar-refractivity contribution in [3.63, 3.8) is 0 Å². The van der Waals surface area contributed by atoms with Crippen molar-refractivity contribution in [2.45, 2.75) is 32.2 Å². The average molecular weight is 214 g/mol. The lowest BCUT2D eigenvalue weighted by atomic mass is 9.95. The van der Waals surface area contributed by atoms with Crippen LogP contribution in [0.15, 0.2) is 5.38 Å². The van der Waals surface area contributed by atoms with Gasteiger partial charge in [0.05, 0.1) is 17.1 Å². The monoisotopic (exact) mass is 214 g/mol. The summed E-state index contributed by atoms with van der Waals surface area (Å²) in [5.41, 5.74) is 6.52. The number of aromatic nitrogens is 1. The van der Waals surface area contributed by atoms with E-state index in [4.69, 9.17) is 10.8 Å². The molecule has 0 aromatic carbocycles. The number of nitrogens with zero attached hydrogens (tertiary/aromatic N) is 1. The van der Waals surface area contributed by atoms with E-state index in [1.165, 1.54) is 11.3 Å². The predicted molar refractivity (Wildman–Crippen MR) is 55.5 cm³/mol. The SMILES string of the molecule is Cc1nc(C(CC(=O)O)C(C)N)cs1. The fourth-order valence-electron chi connectivity index (χ4n) is 1.30. The Balaban J connectivity index is 2.82. The molecule has 0 radical (unpaired) electrons. The quantitative estimate of drug-likeness (QED) is 0.793. The minimum Gasteiger partial charge on any atom is -0.481 e. The van der Waals surface area contributed by atoms with Gasteiger partial charge in [0.15, 0.2) is 0 Å². The number of aliphatic carboxylic acids is 1. The predicted octanol–water partition coefficient (Wildman–Crippen LogP) is 1.36. The summed E-state index contributed by atoms with van der Waals surface area (Å²) in [6.07, 6.45) is 0.0425. The Kier molecular flexibility index (Phi) is 3.60. The molecule has 1 rings (SSSR count). The summed E-state index contributed by atoms with van der Waals surface area (Å²) in [6, 6.07) is -0.187. The van der Waals surface area contributed by atoms with Gasteiger partial charge in [-0.15, -0.1) is 11.3 Å². The first-order valence-electron chi connectivity index (χ1n) is 4.40. The number of thiazole rings is 1. The molecule has 14 heavy (non-hydrogen) atoms. The summed E-state index contributed by atoms with van der Waals surface area (Å²) in [5, 5.41) is 11.5.